The Bertz CT molecular complexity index is 587. The van der Waals surface area contributed by atoms with Gasteiger partial charge in [0.25, 0.3) is 0 Å². The summed E-state index contributed by atoms with van der Waals surface area (Å²) in [7, 11) is 0. The van der Waals surface area contributed by atoms with E-state index in [1.165, 1.54) is 0 Å². The third-order valence-corrected chi connectivity index (χ3v) is 2.87. The second kappa shape index (κ2) is 5.36. The van der Waals surface area contributed by atoms with Gasteiger partial charge < -0.3 is 11.1 Å². The number of nitrogens with two attached hydrogens (primary N) is 1. The summed E-state index contributed by atoms with van der Waals surface area (Å²) in [5.74, 6) is -0.0318. The van der Waals surface area contributed by atoms with E-state index in [0.717, 1.165) is 16.6 Å². The molecule has 0 saturated heterocycles. The standard InChI is InChI=1S/C15H19N3O/c1-15(2,16)8-7-14(19)18-12-9-11-5-3-4-6-13(11)17-10-12/h3-6,9-10H,7-8,16H2,1-2H3,(H,18,19). The number of anilines is 1. The molecular formula is C15H19N3O. The number of carbonyl (C=O) groups excluding carboxylic acids is 1. The summed E-state index contributed by atoms with van der Waals surface area (Å²) in [6, 6.07) is 9.73. The van der Waals surface area contributed by atoms with Gasteiger partial charge in [0, 0.05) is 17.3 Å². The van der Waals surface area contributed by atoms with E-state index >= 15 is 0 Å². The molecule has 1 heterocycles. The van der Waals surface area contributed by atoms with Gasteiger partial charge in [0.05, 0.1) is 17.4 Å². The van der Waals surface area contributed by atoms with Gasteiger partial charge in [0.1, 0.15) is 0 Å². The number of rotatable bonds is 4. The molecule has 2 aromatic rings. The molecule has 0 radical (unpaired) electrons. The third-order valence-electron chi connectivity index (χ3n) is 2.87. The van der Waals surface area contributed by atoms with E-state index in [-0.39, 0.29) is 11.4 Å². The predicted octanol–water partition coefficient (Wildman–Crippen LogP) is 2.69. The molecule has 0 saturated carbocycles. The van der Waals surface area contributed by atoms with Gasteiger partial charge in [-0.15, -0.1) is 0 Å². The minimum Gasteiger partial charge on any atom is -0.326 e. The van der Waals surface area contributed by atoms with Gasteiger partial charge in [0.2, 0.25) is 5.91 Å². The van der Waals surface area contributed by atoms with E-state index in [2.05, 4.69) is 10.3 Å². The van der Waals surface area contributed by atoms with Crippen LogP contribution in [0.2, 0.25) is 0 Å². The first kappa shape index (κ1) is 13.5. The first-order valence-corrected chi connectivity index (χ1v) is 6.38. The molecule has 1 aromatic carbocycles. The van der Waals surface area contributed by atoms with Crippen molar-refractivity contribution in [1.82, 2.24) is 4.98 Å². The van der Waals surface area contributed by atoms with Crippen molar-refractivity contribution in [2.45, 2.75) is 32.2 Å². The van der Waals surface area contributed by atoms with Crippen LogP contribution >= 0.6 is 0 Å². The highest BCUT2D eigenvalue weighted by Gasteiger charge is 2.13. The summed E-state index contributed by atoms with van der Waals surface area (Å²) < 4.78 is 0. The van der Waals surface area contributed by atoms with E-state index in [9.17, 15) is 4.79 Å². The van der Waals surface area contributed by atoms with Crippen LogP contribution in [0, 0.1) is 0 Å². The minimum absolute atomic E-state index is 0.0318. The monoisotopic (exact) mass is 257 g/mol. The van der Waals surface area contributed by atoms with Crippen LogP contribution in [0.25, 0.3) is 10.9 Å². The van der Waals surface area contributed by atoms with Crippen molar-refractivity contribution in [3.05, 3.63) is 36.5 Å². The molecule has 3 N–H and O–H groups in total. The zero-order valence-electron chi connectivity index (χ0n) is 11.3. The molecule has 1 aromatic heterocycles. The van der Waals surface area contributed by atoms with E-state index in [0.29, 0.717) is 12.8 Å². The smallest absolute Gasteiger partial charge is 0.224 e. The van der Waals surface area contributed by atoms with Crippen molar-refractivity contribution in [3.8, 4) is 0 Å². The number of nitrogens with one attached hydrogen (secondary N) is 1. The number of para-hydroxylation sites is 1. The Kier molecular flexibility index (Phi) is 3.81. The summed E-state index contributed by atoms with van der Waals surface area (Å²) in [6.07, 6.45) is 2.74. The lowest BCUT2D eigenvalue weighted by molar-refractivity contribution is -0.116. The van der Waals surface area contributed by atoms with Gasteiger partial charge in [0.15, 0.2) is 0 Å². The molecule has 0 unspecified atom stereocenters. The number of pyridine rings is 1. The number of carbonyl (C=O) groups is 1. The molecule has 4 nitrogen and oxygen atoms in total. The molecule has 0 aliphatic carbocycles. The van der Waals surface area contributed by atoms with Crippen LogP contribution in [-0.2, 0) is 4.79 Å². The Morgan fingerprint density at radius 2 is 2.11 bits per heavy atom. The lowest BCUT2D eigenvalue weighted by Gasteiger charge is -2.17. The van der Waals surface area contributed by atoms with Gasteiger partial charge in [-0.3, -0.25) is 9.78 Å². The number of hydrogen-bond donors (Lipinski definition) is 2. The molecule has 4 heteroatoms. The first-order chi connectivity index (χ1) is 8.94. The molecule has 100 valence electrons. The van der Waals surface area contributed by atoms with Crippen molar-refractivity contribution in [3.63, 3.8) is 0 Å². The summed E-state index contributed by atoms with van der Waals surface area (Å²) in [5, 5.41) is 3.86. The van der Waals surface area contributed by atoms with Crippen molar-refractivity contribution < 1.29 is 4.79 Å². The molecule has 0 spiro atoms. The molecule has 0 fully saturated rings. The molecule has 0 aliphatic heterocycles. The number of aromatic nitrogens is 1. The van der Waals surface area contributed by atoms with E-state index < -0.39 is 0 Å². The molecule has 0 atom stereocenters. The summed E-state index contributed by atoms with van der Waals surface area (Å²) >= 11 is 0. The molecule has 0 bridgehead atoms. The van der Waals surface area contributed by atoms with Gasteiger partial charge in [-0.05, 0) is 32.4 Å². The summed E-state index contributed by atoms with van der Waals surface area (Å²) in [6.45, 7) is 3.83. The zero-order valence-corrected chi connectivity index (χ0v) is 11.3. The number of amides is 1. The Balaban J connectivity index is 2.03. The van der Waals surface area contributed by atoms with E-state index in [1.54, 1.807) is 6.20 Å². The Hall–Kier alpha value is -1.94. The SMILES string of the molecule is CC(C)(N)CCC(=O)Nc1cnc2ccccc2c1. The van der Waals surface area contributed by atoms with E-state index in [1.807, 2.05) is 44.2 Å². The number of nitrogens with zero attached hydrogens (tertiary/aromatic N) is 1. The average Bonchev–Trinajstić information content (AvgIpc) is 2.35. The fourth-order valence-corrected chi connectivity index (χ4v) is 1.80. The molecule has 0 aliphatic rings. The normalized spacial score (nSPS) is 11.5. The second-order valence-corrected chi connectivity index (χ2v) is 5.45. The van der Waals surface area contributed by atoms with Crippen molar-refractivity contribution in [2.75, 3.05) is 5.32 Å². The molecule has 19 heavy (non-hydrogen) atoms. The highest BCUT2D eigenvalue weighted by atomic mass is 16.1. The van der Waals surface area contributed by atoms with Crippen LogP contribution in [0.15, 0.2) is 36.5 Å². The maximum atomic E-state index is 11.8. The number of fused-ring (bicyclic) bond motifs is 1. The topological polar surface area (TPSA) is 68.0 Å². The Morgan fingerprint density at radius 1 is 1.37 bits per heavy atom. The van der Waals surface area contributed by atoms with Crippen LogP contribution in [-0.4, -0.2) is 16.4 Å². The van der Waals surface area contributed by atoms with Crippen molar-refractivity contribution in [1.29, 1.82) is 0 Å². The minimum atomic E-state index is -0.320. The Labute approximate surface area is 113 Å². The maximum absolute atomic E-state index is 11.8. The van der Waals surface area contributed by atoms with Crippen LogP contribution in [0.3, 0.4) is 0 Å². The first-order valence-electron chi connectivity index (χ1n) is 6.38. The quantitative estimate of drug-likeness (QED) is 0.884. The molecular weight excluding hydrogens is 238 g/mol. The van der Waals surface area contributed by atoms with Gasteiger partial charge in [-0.1, -0.05) is 18.2 Å². The maximum Gasteiger partial charge on any atom is 0.224 e. The molecule has 2 rings (SSSR count). The third kappa shape index (κ3) is 4.03. The summed E-state index contributed by atoms with van der Waals surface area (Å²) in [5.41, 5.74) is 7.18. The van der Waals surface area contributed by atoms with Crippen LogP contribution in [0.4, 0.5) is 5.69 Å². The van der Waals surface area contributed by atoms with Gasteiger partial charge >= 0.3 is 0 Å². The zero-order chi connectivity index (χ0) is 13.9. The Morgan fingerprint density at radius 3 is 2.84 bits per heavy atom. The van der Waals surface area contributed by atoms with Crippen LogP contribution in [0.1, 0.15) is 26.7 Å². The number of benzene rings is 1. The lowest BCUT2D eigenvalue weighted by Crippen LogP contribution is -2.33. The predicted molar refractivity (Wildman–Crippen MR) is 77.9 cm³/mol. The molecule has 1 amide bonds. The number of hydrogen-bond acceptors (Lipinski definition) is 3. The highest BCUT2D eigenvalue weighted by Crippen LogP contribution is 2.16. The largest absolute Gasteiger partial charge is 0.326 e. The fraction of sp³-hybridized carbons (Fsp3) is 0.333. The van der Waals surface area contributed by atoms with Crippen molar-refractivity contribution >= 4 is 22.5 Å². The average molecular weight is 257 g/mol. The van der Waals surface area contributed by atoms with Crippen LogP contribution in [0.5, 0.6) is 0 Å². The van der Waals surface area contributed by atoms with Crippen molar-refractivity contribution in [2.24, 2.45) is 5.73 Å². The van der Waals surface area contributed by atoms with Crippen LogP contribution < -0.4 is 11.1 Å². The fourth-order valence-electron chi connectivity index (χ4n) is 1.80. The van der Waals surface area contributed by atoms with E-state index in [4.69, 9.17) is 5.73 Å². The lowest BCUT2D eigenvalue weighted by atomic mass is 10.00. The van der Waals surface area contributed by atoms with Gasteiger partial charge in [-0.25, -0.2) is 0 Å². The summed E-state index contributed by atoms with van der Waals surface area (Å²) in [4.78, 5) is 16.1. The second-order valence-electron chi connectivity index (χ2n) is 5.45. The van der Waals surface area contributed by atoms with Gasteiger partial charge in [-0.2, -0.15) is 0 Å². The highest BCUT2D eigenvalue weighted by molar-refractivity contribution is 5.93.